The summed E-state index contributed by atoms with van der Waals surface area (Å²) in [5.41, 5.74) is 1.79. The minimum absolute atomic E-state index is 0.132. The molecule has 1 aromatic carbocycles. The van der Waals surface area contributed by atoms with Gasteiger partial charge in [-0.25, -0.2) is 9.97 Å². The first-order valence-electron chi connectivity index (χ1n) is 8.13. The van der Waals surface area contributed by atoms with E-state index >= 15 is 0 Å². The van der Waals surface area contributed by atoms with Gasteiger partial charge in [0.05, 0.1) is 12.1 Å². The van der Waals surface area contributed by atoms with Crippen LogP contribution in [0.4, 0.5) is 0 Å². The first-order chi connectivity index (χ1) is 13.3. The Labute approximate surface area is 163 Å². The fourth-order valence-corrected chi connectivity index (χ4v) is 3.86. The minimum Gasteiger partial charge on any atom is -0.439 e. The lowest BCUT2D eigenvalue weighted by Crippen LogP contribution is -2.11. The Balaban J connectivity index is 1.34. The van der Waals surface area contributed by atoms with Crippen molar-refractivity contribution in [1.29, 1.82) is 0 Å². The largest absolute Gasteiger partial charge is 0.439 e. The van der Waals surface area contributed by atoms with Crippen molar-refractivity contribution in [3.8, 4) is 28.0 Å². The first kappa shape index (κ1) is 17.4. The third-order valence-corrected chi connectivity index (χ3v) is 5.18. The molecule has 134 valence electrons. The van der Waals surface area contributed by atoms with Gasteiger partial charge in [0.1, 0.15) is 16.5 Å². The van der Waals surface area contributed by atoms with E-state index in [0.717, 1.165) is 10.6 Å². The highest BCUT2D eigenvalue weighted by atomic mass is 32.1. The Hall–Kier alpha value is -3.03. The number of thiophene rings is 1. The lowest BCUT2D eigenvalue weighted by atomic mass is 10.3. The van der Waals surface area contributed by atoms with Crippen LogP contribution < -0.4 is 9.47 Å². The number of rotatable bonds is 6. The smallest absolute Gasteiger partial charge is 0.317 e. The Kier molecular flexibility index (Phi) is 5.22. The second-order valence-electron chi connectivity index (χ2n) is 5.55. The molecule has 5 nitrogen and oxygen atoms in total. The minimum atomic E-state index is -0.351. The van der Waals surface area contributed by atoms with Gasteiger partial charge in [0.2, 0.25) is 5.88 Å². The predicted molar refractivity (Wildman–Crippen MR) is 106 cm³/mol. The van der Waals surface area contributed by atoms with Crippen LogP contribution in [0, 0.1) is 0 Å². The Morgan fingerprint density at radius 2 is 1.85 bits per heavy atom. The summed E-state index contributed by atoms with van der Waals surface area (Å²) in [7, 11) is 0. The second-order valence-corrected chi connectivity index (χ2v) is 7.19. The number of nitrogens with zero attached hydrogens (tertiary/aromatic N) is 2. The monoisotopic (exact) mass is 394 g/mol. The number of carbonyl (C=O) groups excluding carboxylic acids is 1. The van der Waals surface area contributed by atoms with E-state index in [1.54, 1.807) is 47.9 Å². The number of ether oxygens (including phenoxy) is 2. The van der Waals surface area contributed by atoms with Crippen molar-refractivity contribution < 1.29 is 14.3 Å². The molecular weight excluding hydrogens is 380 g/mol. The zero-order valence-corrected chi connectivity index (χ0v) is 15.7. The third kappa shape index (κ3) is 4.58. The van der Waals surface area contributed by atoms with Crippen LogP contribution in [-0.4, -0.2) is 15.9 Å². The molecule has 0 atom stereocenters. The van der Waals surface area contributed by atoms with Gasteiger partial charge in [-0.05, 0) is 41.8 Å². The fourth-order valence-electron chi connectivity index (χ4n) is 2.33. The van der Waals surface area contributed by atoms with Crippen molar-refractivity contribution in [2.75, 3.05) is 0 Å². The van der Waals surface area contributed by atoms with E-state index in [2.05, 4.69) is 9.97 Å². The van der Waals surface area contributed by atoms with E-state index in [1.165, 1.54) is 11.3 Å². The van der Waals surface area contributed by atoms with Crippen molar-refractivity contribution in [1.82, 2.24) is 9.97 Å². The molecule has 3 heterocycles. The Morgan fingerprint density at radius 1 is 1.00 bits per heavy atom. The molecule has 0 aliphatic carbocycles. The molecule has 0 saturated carbocycles. The number of thiazole rings is 1. The molecule has 7 heteroatoms. The van der Waals surface area contributed by atoms with E-state index in [4.69, 9.17) is 9.47 Å². The molecule has 0 spiro atoms. The Bertz CT molecular complexity index is 1010. The highest BCUT2D eigenvalue weighted by Crippen LogP contribution is 2.26. The number of benzene rings is 1. The number of carbonyl (C=O) groups is 1. The maximum atomic E-state index is 12.2. The molecule has 0 aliphatic rings. The lowest BCUT2D eigenvalue weighted by molar-refractivity contribution is -0.133. The van der Waals surface area contributed by atoms with E-state index in [-0.39, 0.29) is 12.4 Å². The first-order valence-corrected chi connectivity index (χ1v) is 9.95. The van der Waals surface area contributed by atoms with Crippen LogP contribution >= 0.6 is 22.7 Å². The summed E-state index contributed by atoms with van der Waals surface area (Å²) in [4.78, 5) is 20.7. The predicted octanol–water partition coefficient (Wildman–Crippen LogP) is 5.21. The Morgan fingerprint density at radius 3 is 2.59 bits per heavy atom. The van der Waals surface area contributed by atoms with Gasteiger partial charge in [-0.1, -0.05) is 6.07 Å². The van der Waals surface area contributed by atoms with Gasteiger partial charge < -0.3 is 9.47 Å². The zero-order chi connectivity index (χ0) is 18.5. The maximum absolute atomic E-state index is 12.2. The normalized spacial score (nSPS) is 10.5. The van der Waals surface area contributed by atoms with Crippen LogP contribution in [0.15, 0.2) is 70.9 Å². The summed E-state index contributed by atoms with van der Waals surface area (Å²) in [5, 5.41) is 6.84. The molecule has 4 rings (SSSR count). The number of pyridine rings is 1. The van der Waals surface area contributed by atoms with Gasteiger partial charge >= 0.3 is 5.97 Å². The standard InChI is InChI=1S/C20H14N2O3S2/c23-19(11-15-13-27-20(22-15)14-8-10-26-12-14)25-17-6-4-16(5-7-17)24-18-3-1-2-9-21-18/h1-10,12-13H,11H2. The van der Waals surface area contributed by atoms with Gasteiger partial charge in [-0.3, -0.25) is 4.79 Å². The summed E-state index contributed by atoms with van der Waals surface area (Å²) < 4.78 is 11.0. The van der Waals surface area contributed by atoms with Crippen LogP contribution in [0.3, 0.4) is 0 Å². The molecule has 0 radical (unpaired) electrons. The summed E-state index contributed by atoms with van der Waals surface area (Å²) in [6.45, 7) is 0. The van der Waals surface area contributed by atoms with E-state index < -0.39 is 0 Å². The van der Waals surface area contributed by atoms with E-state index in [1.807, 2.05) is 34.3 Å². The molecular formula is C20H14N2O3S2. The van der Waals surface area contributed by atoms with Crippen LogP contribution in [0.25, 0.3) is 10.6 Å². The average molecular weight is 394 g/mol. The molecule has 0 amide bonds. The molecule has 0 bridgehead atoms. The number of hydrogen-bond donors (Lipinski definition) is 0. The molecule has 0 unspecified atom stereocenters. The molecule has 27 heavy (non-hydrogen) atoms. The SMILES string of the molecule is O=C(Cc1csc(-c2ccsc2)n1)Oc1ccc(Oc2ccccn2)cc1. The van der Waals surface area contributed by atoms with Crippen LogP contribution in [-0.2, 0) is 11.2 Å². The summed E-state index contributed by atoms with van der Waals surface area (Å²) in [6, 6.07) is 14.3. The summed E-state index contributed by atoms with van der Waals surface area (Å²) >= 11 is 3.15. The van der Waals surface area contributed by atoms with E-state index in [0.29, 0.717) is 23.1 Å². The van der Waals surface area contributed by atoms with Crippen LogP contribution in [0.2, 0.25) is 0 Å². The molecule has 0 saturated heterocycles. The third-order valence-electron chi connectivity index (χ3n) is 3.56. The highest BCUT2D eigenvalue weighted by Gasteiger charge is 2.11. The molecule has 4 aromatic rings. The molecule has 0 aliphatic heterocycles. The second kappa shape index (κ2) is 8.11. The van der Waals surface area contributed by atoms with E-state index in [9.17, 15) is 4.79 Å². The zero-order valence-electron chi connectivity index (χ0n) is 14.1. The van der Waals surface area contributed by atoms with Gasteiger partial charge in [0, 0.05) is 28.6 Å². The van der Waals surface area contributed by atoms with Crippen molar-refractivity contribution in [3.05, 3.63) is 76.6 Å². The van der Waals surface area contributed by atoms with Crippen molar-refractivity contribution in [2.45, 2.75) is 6.42 Å². The maximum Gasteiger partial charge on any atom is 0.317 e. The van der Waals surface area contributed by atoms with Crippen molar-refractivity contribution in [3.63, 3.8) is 0 Å². The molecule has 3 aromatic heterocycles. The molecule has 0 fully saturated rings. The highest BCUT2D eigenvalue weighted by molar-refractivity contribution is 7.14. The number of esters is 1. The lowest BCUT2D eigenvalue weighted by Gasteiger charge is -2.06. The van der Waals surface area contributed by atoms with Gasteiger partial charge in [0.25, 0.3) is 0 Å². The summed E-state index contributed by atoms with van der Waals surface area (Å²) in [6.07, 6.45) is 1.79. The van der Waals surface area contributed by atoms with Gasteiger partial charge in [0.15, 0.2) is 0 Å². The van der Waals surface area contributed by atoms with Gasteiger partial charge in [-0.2, -0.15) is 11.3 Å². The van der Waals surface area contributed by atoms with Crippen molar-refractivity contribution >= 4 is 28.6 Å². The van der Waals surface area contributed by atoms with Gasteiger partial charge in [-0.15, -0.1) is 11.3 Å². The van der Waals surface area contributed by atoms with Crippen LogP contribution in [0.5, 0.6) is 17.4 Å². The number of hydrogen-bond acceptors (Lipinski definition) is 7. The van der Waals surface area contributed by atoms with Crippen LogP contribution in [0.1, 0.15) is 5.69 Å². The summed E-state index contributed by atoms with van der Waals surface area (Å²) in [5.74, 6) is 1.23. The number of aromatic nitrogens is 2. The quantitative estimate of drug-likeness (QED) is 0.332. The van der Waals surface area contributed by atoms with Crippen molar-refractivity contribution in [2.24, 2.45) is 0 Å². The fraction of sp³-hybridized carbons (Fsp3) is 0.0500. The molecule has 0 N–H and O–H groups in total. The topological polar surface area (TPSA) is 61.3 Å². The average Bonchev–Trinajstić information content (AvgIpc) is 3.36.